The van der Waals surface area contributed by atoms with Crippen LogP contribution in [0.3, 0.4) is 0 Å². The predicted octanol–water partition coefficient (Wildman–Crippen LogP) is 4.98. The molecule has 2 nitrogen and oxygen atoms in total. The van der Waals surface area contributed by atoms with Gasteiger partial charge in [0.2, 0.25) is 0 Å². The Bertz CT molecular complexity index is 563. The molecule has 0 aromatic heterocycles. The first-order chi connectivity index (χ1) is 10.2. The summed E-state index contributed by atoms with van der Waals surface area (Å²) in [7, 11) is 0. The van der Waals surface area contributed by atoms with Crippen LogP contribution in [0.1, 0.15) is 54.4 Å². The van der Waals surface area contributed by atoms with E-state index in [0.717, 1.165) is 35.1 Å². The molecule has 0 saturated carbocycles. The fourth-order valence-electron chi connectivity index (χ4n) is 2.80. The van der Waals surface area contributed by atoms with Gasteiger partial charge in [-0.15, -0.1) is 0 Å². The first-order valence-corrected chi connectivity index (χ1v) is 7.93. The summed E-state index contributed by atoms with van der Waals surface area (Å²) < 4.78 is 0. The lowest BCUT2D eigenvalue weighted by molar-refractivity contribution is -0.117. The summed E-state index contributed by atoms with van der Waals surface area (Å²) in [6.07, 6.45) is 8.97. The molecule has 1 rings (SSSR count). The largest absolute Gasteiger partial charge is 0.294 e. The Balaban J connectivity index is 2.90. The van der Waals surface area contributed by atoms with E-state index >= 15 is 0 Å². The van der Waals surface area contributed by atoms with Gasteiger partial charge in [-0.1, -0.05) is 28.4 Å². The molecule has 0 saturated heterocycles. The molecule has 0 N–H and O–H groups in total. The van der Waals surface area contributed by atoms with Crippen LogP contribution in [0.2, 0.25) is 0 Å². The van der Waals surface area contributed by atoms with Crippen molar-refractivity contribution in [1.29, 1.82) is 0 Å². The van der Waals surface area contributed by atoms with Crippen molar-refractivity contribution in [3.63, 3.8) is 0 Å². The molecule has 0 aliphatic heterocycles. The summed E-state index contributed by atoms with van der Waals surface area (Å²) in [5.74, 6) is 0.450. The number of carbonyl (C=O) groups is 2. The zero-order chi connectivity index (χ0) is 16.9. The second kappa shape index (κ2) is 8.07. The standard InChI is InChI=1S/C20H28O2/c1-13(2)9-18(21)11-16(6)17-8-7-15(5)19(12-17)20(22)10-14(3)4/h7,9-11,17,19H,8,12H2,1-6H3/b16-11-. The molecule has 0 spiro atoms. The van der Waals surface area contributed by atoms with Gasteiger partial charge in [0.1, 0.15) is 0 Å². The Kier molecular flexibility index (Phi) is 6.73. The van der Waals surface area contributed by atoms with Crippen molar-refractivity contribution in [2.45, 2.75) is 54.4 Å². The van der Waals surface area contributed by atoms with Crippen molar-refractivity contribution in [2.75, 3.05) is 0 Å². The van der Waals surface area contributed by atoms with Gasteiger partial charge in [-0.25, -0.2) is 0 Å². The van der Waals surface area contributed by atoms with Gasteiger partial charge < -0.3 is 0 Å². The molecule has 0 amide bonds. The molecular formula is C20H28O2. The second-order valence-corrected chi connectivity index (χ2v) is 6.81. The minimum Gasteiger partial charge on any atom is -0.294 e. The zero-order valence-electron chi connectivity index (χ0n) is 14.7. The second-order valence-electron chi connectivity index (χ2n) is 6.81. The number of hydrogen-bond acceptors (Lipinski definition) is 2. The molecular weight excluding hydrogens is 272 g/mol. The fourth-order valence-corrected chi connectivity index (χ4v) is 2.80. The Morgan fingerprint density at radius 2 is 1.59 bits per heavy atom. The van der Waals surface area contributed by atoms with E-state index in [1.165, 1.54) is 0 Å². The summed E-state index contributed by atoms with van der Waals surface area (Å²) in [6.45, 7) is 11.8. The Morgan fingerprint density at radius 1 is 1.00 bits per heavy atom. The van der Waals surface area contributed by atoms with Crippen LogP contribution in [0.15, 0.2) is 46.6 Å². The Labute approximate surface area is 134 Å². The lowest BCUT2D eigenvalue weighted by Gasteiger charge is -2.27. The van der Waals surface area contributed by atoms with Crippen LogP contribution < -0.4 is 0 Å². The SMILES string of the molecule is CC(C)=CC(=O)/C=C(/C)C1CC=C(C)C(C(=O)C=C(C)C)C1. The monoisotopic (exact) mass is 300 g/mol. The van der Waals surface area contributed by atoms with Gasteiger partial charge in [0.15, 0.2) is 11.6 Å². The third-order valence-corrected chi connectivity index (χ3v) is 4.01. The first kappa shape index (κ1) is 18.3. The van der Waals surface area contributed by atoms with Crippen molar-refractivity contribution in [2.24, 2.45) is 11.8 Å². The molecule has 0 bridgehead atoms. The summed E-state index contributed by atoms with van der Waals surface area (Å²) in [6, 6.07) is 0. The van der Waals surface area contributed by atoms with Gasteiger partial charge in [0.25, 0.3) is 0 Å². The van der Waals surface area contributed by atoms with Crippen LogP contribution in [-0.4, -0.2) is 11.6 Å². The molecule has 0 radical (unpaired) electrons. The maximum absolute atomic E-state index is 12.3. The zero-order valence-corrected chi connectivity index (χ0v) is 14.7. The van der Waals surface area contributed by atoms with Crippen LogP contribution >= 0.6 is 0 Å². The smallest absolute Gasteiger partial charge is 0.178 e. The summed E-state index contributed by atoms with van der Waals surface area (Å²) in [4.78, 5) is 24.2. The fraction of sp³-hybridized carbons (Fsp3) is 0.500. The van der Waals surface area contributed by atoms with Crippen molar-refractivity contribution in [1.82, 2.24) is 0 Å². The summed E-state index contributed by atoms with van der Waals surface area (Å²) >= 11 is 0. The first-order valence-electron chi connectivity index (χ1n) is 7.93. The van der Waals surface area contributed by atoms with Gasteiger partial charge >= 0.3 is 0 Å². The van der Waals surface area contributed by atoms with Crippen molar-refractivity contribution in [3.8, 4) is 0 Å². The van der Waals surface area contributed by atoms with E-state index in [1.807, 2.05) is 41.5 Å². The molecule has 22 heavy (non-hydrogen) atoms. The van der Waals surface area contributed by atoms with Gasteiger partial charge in [-0.2, -0.15) is 0 Å². The maximum atomic E-state index is 12.3. The maximum Gasteiger partial charge on any atom is 0.178 e. The van der Waals surface area contributed by atoms with Gasteiger partial charge in [0.05, 0.1) is 0 Å². The average molecular weight is 300 g/mol. The van der Waals surface area contributed by atoms with Gasteiger partial charge in [-0.05, 0) is 78.5 Å². The van der Waals surface area contributed by atoms with E-state index in [9.17, 15) is 9.59 Å². The van der Waals surface area contributed by atoms with Crippen LogP contribution in [0.5, 0.6) is 0 Å². The van der Waals surface area contributed by atoms with Crippen molar-refractivity contribution >= 4 is 11.6 Å². The van der Waals surface area contributed by atoms with Crippen LogP contribution in [0.4, 0.5) is 0 Å². The van der Waals surface area contributed by atoms with Crippen LogP contribution in [0.25, 0.3) is 0 Å². The molecule has 0 heterocycles. The minimum atomic E-state index is -0.0458. The minimum absolute atomic E-state index is 0.0379. The molecule has 1 aliphatic rings. The van der Waals surface area contributed by atoms with Crippen molar-refractivity contribution in [3.05, 3.63) is 46.6 Å². The van der Waals surface area contributed by atoms with Gasteiger partial charge in [0, 0.05) is 5.92 Å². The third-order valence-electron chi connectivity index (χ3n) is 4.01. The molecule has 0 fully saturated rings. The quantitative estimate of drug-likeness (QED) is 0.530. The van der Waals surface area contributed by atoms with E-state index in [2.05, 4.69) is 6.08 Å². The number of allylic oxidation sites excluding steroid dienone is 8. The Hall–Kier alpha value is -1.70. The number of hydrogen-bond donors (Lipinski definition) is 0. The molecule has 2 heteroatoms. The van der Waals surface area contributed by atoms with Gasteiger partial charge in [-0.3, -0.25) is 9.59 Å². The molecule has 0 aromatic carbocycles. The topological polar surface area (TPSA) is 34.1 Å². The molecule has 2 unspecified atom stereocenters. The predicted molar refractivity (Wildman–Crippen MR) is 92.6 cm³/mol. The number of carbonyl (C=O) groups excluding carboxylic acids is 2. The lowest BCUT2D eigenvalue weighted by Crippen LogP contribution is -2.22. The van der Waals surface area contributed by atoms with Crippen molar-refractivity contribution < 1.29 is 9.59 Å². The molecule has 2 atom stereocenters. The normalized spacial score (nSPS) is 21.7. The third kappa shape index (κ3) is 5.59. The number of ketones is 2. The highest BCUT2D eigenvalue weighted by molar-refractivity contribution is 6.00. The highest BCUT2D eigenvalue weighted by Crippen LogP contribution is 2.34. The van der Waals surface area contributed by atoms with E-state index in [0.29, 0.717) is 0 Å². The number of rotatable bonds is 5. The Morgan fingerprint density at radius 3 is 2.14 bits per heavy atom. The average Bonchev–Trinajstić information content (AvgIpc) is 2.36. The molecule has 1 aliphatic carbocycles. The van der Waals surface area contributed by atoms with E-state index in [1.54, 1.807) is 18.2 Å². The van der Waals surface area contributed by atoms with Crippen LogP contribution in [-0.2, 0) is 9.59 Å². The summed E-state index contributed by atoms with van der Waals surface area (Å²) in [5, 5.41) is 0. The lowest BCUT2D eigenvalue weighted by atomic mass is 9.76. The van der Waals surface area contributed by atoms with E-state index < -0.39 is 0 Å². The summed E-state index contributed by atoms with van der Waals surface area (Å²) in [5.41, 5.74) is 4.26. The molecule has 120 valence electrons. The highest BCUT2D eigenvalue weighted by Gasteiger charge is 2.27. The molecule has 0 aromatic rings. The van der Waals surface area contributed by atoms with E-state index in [4.69, 9.17) is 0 Å². The highest BCUT2D eigenvalue weighted by atomic mass is 16.1. The van der Waals surface area contributed by atoms with E-state index in [-0.39, 0.29) is 23.4 Å². The van der Waals surface area contributed by atoms with Crippen LogP contribution in [0, 0.1) is 11.8 Å².